The van der Waals surface area contributed by atoms with E-state index in [1.165, 1.54) is 19.2 Å². The monoisotopic (exact) mass is 335 g/mol. The average Bonchev–Trinajstić information content (AvgIpc) is 2.48. The molecule has 0 aliphatic heterocycles. The molecule has 5 nitrogen and oxygen atoms in total. The van der Waals surface area contributed by atoms with Crippen molar-refractivity contribution in [2.75, 3.05) is 11.8 Å². The smallest absolute Gasteiger partial charge is 0.261 e. The fraction of sp³-hybridized carbons (Fsp3) is 0.294. The highest BCUT2D eigenvalue weighted by molar-refractivity contribution is 7.92. The van der Waals surface area contributed by atoms with E-state index in [4.69, 9.17) is 9.47 Å². The Balaban J connectivity index is 2.13. The molecule has 0 aliphatic carbocycles. The molecule has 0 saturated heterocycles. The molecule has 0 amide bonds. The van der Waals surface area contributed by atoms with Crippen molar-refractivity contribution >= 4 is 15.7 Å². The molecule has 0 aliphatic rings. The molecule has 2 aromatic rings. The molecule has 0 atom stereocenters. The highest BCUT2D eigenvalue weighted by Gasteiger charge is 2.15. The molecular formula is C17H21NO4S. The first-order chi connectivity index (χ1) is 10.7. The van der Waals surface area contributed by atoms with Gasteiger partial charge >= 0.3 is 0 Å². The van der Waals surface area contributed by atoms with Crippen molar-refractivity contribution in [2.45, 2.75) is 31.3 Å². The van der Waals surface area contributed by atoms with E-state index in [1.54, 1.807) is 36.4 Å². The van der Waals surface area contributed by atoms with Crippen LogP contribution in [0.4, 0.5) is 5.69 Å². The van der Waals surface area contributed by atoms with Crippen molar-refractivity contribution in [2.24, 2.45) is 0 Å². The summed E-state index contributed by atoms with van der Waals surface area (Å²) in [6.45, 7) is 5.86. The molecule has 0 saturated carbocycles. The van der Waals surface area contributed by atoms with E-state index in [2.05, 4.69) is 4.72 Å². The summed E-state index contributed by atoms with van der Waals surface area (Å²) < 4.78 is 37.9. The normalized spacial score (nSPS) is 11.8. The van der Waals surface area contributed by atoms with Crippen LogP contribution in [0.25, 0.3) is 0 Å². The number of rotatable bonds is 5. The number of nitrogens with one attached hydrogen (secondary N) is 1. The number of hydrogen-bond donors (Lipinski definition) is 1. The molecule has 1 N–H and O–H groups in total. The van der Waals surface area contributed by atoms with Crippen molar-refractivity contribution in [1.29, 1.82) is 0 Å². The van der Waals surface area contributed by atoms with Crippen LogP contribution in [0, 0.1) is 0 Å². The van der Waals surface area contributed by atoms with Crippen LogP contribution in [0.2, 0.25) is 0 Å². The molecule has 124 valence electrons. The maximum Gasteiger partial charge on any atom is 0.261 e. The molecule has 0 bridgehead atoms. The van der Waals surface area contributed by atoms with Gasteiger partial charge in [0, 0.05) is 5.69 Å². The van der Waals surface area contributed by atoms with Crippen molar-refractivity contribution in [3.63, 3.8) is 0 Å². The van der Waals surface area contributed by atoms with Crippen LogP contribution in [0.5, 0.6) is 11.5 Å². The quantitative estimate of drug-likeness (QED) is 0.905. The number of methoxy groups -OCH3 is 1. The third-order valence-corrected chi connectivity index (χ3v) is 4.30. The Labute approximate surface area is 137 Å². The van der Waals surface area contributed by atoms with Crippen LogP contribution in [-0.4, -0.2) is 21.1 Å². The summed E-state index contributed by atoms with van der Waals surface area (Å²) in [7, 11) is -2.10. The fourth-order valence-electron chi connectivity index (χ4n) is 1.91. The van der Waals surface area contributed by atoms with E-state index >= 15 is 0 Å². The summed E-state index contributed by atoms with van der Waals surface area (Å²) >= 11 is 0. The van der Waals surface area contributed by atoms with E-state index in [1.807, 2.05) is 20.8 Å². The maximum absolute atomic E-state index is 12.3. The van der Waals surface area contributed by atoms with Crippen molar-refractivity contribution in [3.8, 4) is 11.5 Å². The summed E-state index contributed by atoms with van der Waals surface area (Å²) in [6.07, 6.45) is 0. The Bertz CT molecular complexity index is 745. The molecule has 23 heavy (non-hydrogen) atoms. The van der Waals surface area contributed by atoms with Gasteiger partial charge in [0.15, 0.2) is 0 Å². The van der Waals surface area contributed by atoms with Crippen LogP contribution in [0.1, 0.15) is 20.8 Å². The first-order valence-corrected chi connectivity index (χ1v) is 8.64. The summed E-state index contributed by atoms with van der Waals surface area (Å²) in [6, 6.07) is 13.0. The minimum atomic E-state index is -3.63. The van der Waals surface area contributed by atoms with Gasteiger partial charge < -0.3 is 9.47 Å². The predicted octanol–water partition coefficient (Wildman–Crippen LogP) is 3.67. The van der Waals surface area contributed by atoms with Gasteiger partial charge in [0.2, 0.25) is 0 Å². The topological polar surface area (TPSA) is 64.6 Å². The second-order valence-corrected chi connectivity index (χ2v) is 7.70. The first kappa shape index (κ1) is 17.1. The largest absolute Gasteiger partial charge is 0.497 e. The maximum atomic E-state index is 12.3. The zero-order valence-electron chi connectivity index (χ0n) is 13.7. The van der Waals surface area contributed by atoms with E-state index in [-0.39, 0.29) is 10.5 Å². The molecule has 0 aromatic heterocycles. The minimum absolute atomic E-state index is 0.174. The van der Waals surface area contributed by atoms with Gasteiger partial charge in [0.05, 0.1) is 12.0 Å². The predicted molar refractivity (Wildman–Crippen MR) is 90.6 cm³/mol. The van der Waals surface area contributed by atoms with E-state index in [9.17, 15) is 8.42 Å². The van der Waals surface area contributed by atoms with E-state index in [0.29, 0.717) is 17.2 Å². The molecule has 0 spiro atoms. The SMILES string of the molecule is COc1ccc(S(=O)(=O)Nc2ccc(OC(C)(C)C)cc2)cc1. The minimum Gasteiger partial charge on any atom is -0.497 e. The first-order valence-electron chi connectivity index (χ1n) is 7.15. The summed E-state index contributed by atoms with van der Waals surface area (Å²) in [5.41, 5.74) is 0.173. The zero-order chi connectivity index (χ0) is 17.1. The van der Waals surface area contributed by atoms with E-state index < -0.39 is 10.0 Å². The molecule has 6 heteroatoms. The van der Waals surface area contributed by atoms with Crippen molar-refractivity contribution in [3.05, 3.63) is 48.5 Å². The standard InChI is InChI=1S/C17H21NO4S/c1-17(2,3)22-15-7-5-13(6-8-15)18-23(19,20)16-11-9-14(21-4)10-12-16/h5-12,18H,1-4H3. The lowest BCUT2D eigenvalue weighted by Crippen LogP contribution is -2.22. The van der Waals surface area contributed by atoms with Crippen LogP contribution < -0.4 is 14.2 Å². The highest BCUT2D eigenvalue weighted by atomic mass is 32.2. The Morgan fingerprint density at radius 1 is 0.870 bits per heavy atom. The Morgan fingerprint density at radius 3 is 1.87 bits per heavy atom. The molecule has 2 rings (SSSR count). The average molecular weight is 335 g/mol. The van der Waals surface area contributed by atoms with E-state index in [0.717, 1.165) is 0 Å². The Morgan fingerprint density at radius 2 is 1.39 bits per heavy atom. The van der Waals surface area contributed by atoms with Gasteiger partial charge in [-0.1, -0.05) is 0 Å². The highest BCUT2D eigenvalue weighted by Crippen LogP contribution is 2.23. The van der Waals surface area contributed by atoms with Crippen molar-refractivity contribution < 1.29 is 17.9 Å². The van der Waals surface area contributed by atoms with Crippen LogP contribution in [0.15, 0.2) is 53.4 Å². The van der Waals surface area contributed by atoms with Gasteiger partial charge in [-0.15, -0.1) is 0 Å². The summed E-state index contributed by atoms with van der Waals surface area (Å²) in [5.74, 6) is 1.29. The second-order valence-electron chi connectivity index (χ2n) is 6.02. The van der Waals surface area contributed by atoms with Gasteiger partial charge in [-0.05, 0) is 69.3 Å². The van der Waals surface area contributed by atoms with Crippen molar-refractivity contribution in [1.82, 2.24) is 0 Å². The van der Waals surface area contributed by atoms with Gasteiger partial charge in [-0.3, -0.25) is 4.72 Å². The molecule has 2 aromatic carbocycles. The fourth-order valence-corrected chi connectivity index (χ4v) is 2.97. The number of benzene rings is 2. The van der Waals surface area contributed by atoms with Gasteiger partial charge in [0.25, 0.3) is 10.0 Å². The van der Waals surface area contributed by atoms with Crippen LogP contribution in [0.3, 0.4) is 0 Å². The molecule has 0 fully saturated rings. The number of ether oxygens (including phenoxy) is 2. The third-order valence-electron chi connectivity index (χ3n) is 2.90. The van der Waals surface area contributed by atoms with Gasteiger partial charge in [0.1, 0.15) is 17.1 Å². The van der Waals surface area contributed by atoms with Gasteiger partial charge in [-0.25, -0.2) is 8.42 Å². The lowest BCUT2D eigenvalue weighted by Gasteiger charge is -2.21. The lowest BCUT2D eigenvalue weighted by atomic mass is 10.2. The molecule has 0 radical (unpaired) electrons. The number of anilines is 1. The van der Waals surface area contributed by atoms with Crippen LogP contribution >= 0.6 is 0 Å². The lowest BCUT2D eigenvalue weighted by molar-refractivity contribution is 0.131. The van der Waals surface area contributed by atoms with Gasteiger partial charge in [-0.2, -0.15) is 0 Å². The molecule has 0 unspecified atom stereocenters. The molecular weight excluding hydrogens is 314 g/mol. The number of hydrogen-bond acceptors (Lipinski definition) is 4. The molecule has 0 heterocycles. The Hall–Kier alpha value is -2.21. The third kappa shape index (κ3) is 4.89. The summed E-state index contributed by atoms with van der Waals surface area (Å²) in [4.78, 5) is 0.174. The second kappa shape index (κ2) is 6.50. The zero-order valence-corrected chi connectivity index (χ0v) is 14.5. The Kier molecular flexibility index (Phi) is 4.85. The van der Waals surface area contributed by atoms with Crippen LogP contribution in [-0.2, 0) is 10.0 Å². The number of sulfonamides is 1. The summed E-state index contributed by atoms with van der Waals surface area (Å²) in [5, 5.41) is 0.